The average Bonchev–Trinajstić information content (AvgIpc) is 3.21. The van der Waals surface area contributed by atoms with E-state index in [1.165, 1.54) is 24.4 Å². The molecule has 17 heteroatoms. The van der Waals surface area contributed by atoms with Crippen molar-refractivity contribution in [3.63, 3.8) is 0 Å². The third-order valence-corrected chi connectivity index (χ3v) is 8.97. The minimum atomic E-state index is -4.86. The summed E-state index contributed by atoms with van der Waals surface area (Å²) >= 11 is 6.18. The number of ether oxygens (including phenoxy) is 1. The van der Waals surface area contributed by atoms with Gasteiger partial charge in [0, 0.05) is 13.2 Å². The van der Waals surface area contributed by atoms with Crippen LogP contribution >= 0.6 is 26.8 Å². The van der Waals surface area contributed by atoms with Crippen molar-refractivity contribution in [2.24, 2.45) is 0 Å². The average molecular weight is 583 g/mol. The van der Waals surface area contributed by atoms with Crippen molar-refractivity contribution in [3.8, 4) is 0 Å². The van der Waals surface area contributed by atoms with Gasteiger partial charge in [-0.3, -0.25) is 9.13 Å². The zero-order valence-electron chi connectivity index (χ0n) is 19.5. The third kappa shape index (κ3) is 7.78. The van der Waals surface area contributed by atoms with Gasteiger partial charge in [0.2, 0.25) is 0 Å². The fourth-order valence-electron chi connectivity index (χ4n) is 3.47. The quantitative estimate of drug-likeness (QED) is 0.135. The van der Waals surface area contributed by atoms with E-state index in [4.69, 9.17) is 26.1 Å². The van der Waals surface area contributed by atoms with Gasteiger partial charge in [-0.05, 0) is 30.7 Å². The van der Waals surface area contributed by atoms with Crippen LogP contribution in [0.1, 0.15) is 24.8 Å². The van der Waals surface area contributed by atoms with E-state index in [2.05, 4.69) is 19.9 Å². The molecular weight excluding hydrogens is 557 g/mol. The second kappa shape index (κ2) is 11.8. The molecule has 1 unspecified atom stereocenters. The molecule has 0 saturated carbocycles. The molecular formula is C20H26ClFN4O9P2. The summed E-state index contributed by atoms with van der Waals surface area (Å²) in [6.07, 6.45) is -3.60. The van der Waals surface area contributed by atoms with Crippen LogP contribution in [0.4, 0.5) is 10.1 Å². The van der Waals surface area contributed by atoms with Crippen LogP contribution in [0.2, 0.25) is 5.15 Å². The number of hydrogen-bond donors (Lipinski definition) is 6. The number of nitrogens with zero attached hydrogens (tertiary/aromatic N) is 3. The first kappa shape index (κ1) is 29.6. The van der Waals surface area contributed by atoms with Crippen LogP contribution in [0.25, 0.3) is 11.0 Å². The topological polar surface area (TPSA) is 196 Å². The van der Waals surface area contributed by atoms with E-state index in [9.17, 15) is 28.6 Å². The molecule has 3 aromatic rings. The molecule has 0 aliphatic carbocycles. The Balaban J connectivity index is 1.81. The Morgan fingerprint density at radius 3 is 2.43 bits per heavy atom. The van der Waals surface area contributed by atoms with Gasteiger partial charge in [0.1, 0.15) is 23.2 Å². The predicted octanol–water partition coefficient (Wildman–Crippen LogP) is 2.60. The molecule has 0 fully saturated rings. The van der Waals surface area contributed by atoms with Crippen LogP contribution in [-0.2, 0) is 18.4 Å². The highest BCUT2D eigenvalue weighted by molar-refractivity contribution is 7.70. The van der Waals surface area contributed by atoms with Crippen LogP contribution in [0.5, 0.6) is 0 Å². The Bertz CT molecular complexity index is 1320. The summed E-state index contributed by atoms with van der Waals surface area (Å²) in [4.78, 5) is 31.6. The normalized spacial score (nSPS) is 17.2. The lowest BCUT2D eigenvalue weighted by Gasteiger charge is -2.26. The van der Waals surface area contributed by atoms with Gasteiger partial charge in [0.15, 0.2) is 17.8 Å². The summed E-state index contributed by atoms with van der Waals surface area (Å²) in [6.45, 7) is 1.06. The maximum absolute atomic E-state index is 13.3. The van der Waals surface area contributed by atoms with E-state index in [0.717, 1.165) is 17.4 Å². The maximum atomic E-state index is 13.3. The molecule has 204 valence electrons. The molecule has 6 N–H and O–H groups in total. The largest absolute Gasteiger partial charge is 0.386 e. The Kier molecular flexibility index (Phi) is 9.46. The van der Waals surface area contributed by atoms with Crippen LogP contribution in [0.15, 0.2) is 36.5 Å². The lowest BCUT2D eigenvalue weighted by atomic mass is 10.1. The maximum Gasteiger partial charge on any atom is 0.340 e. The first-order valence-corrected chi connectivity index (χ1v) is 14.6. The molecule has 13 nitrogen and oxygen atoms in total. The number of benzene rings is 1. The van der Waals surface area contributed by atoms with E-state index in [1.807, 2.05) is 6.92 Å². The molecule has 0 saturated heterocycles. The highest BCUT2D eigenvalue weighted by atomic mass is 35.5. The fourth-order valence-corrected chi connectivity index (χ4v) is 6.23. The monoisotopic (exact) mass is 582 g/mol. The lowest BCUT2D eigenvalue weighted by Crippen LogP contribution is -2.39. The molecule has 0 amide bonds. The summed E-state index contributed by atoms with van der Waals surface area (Å²) in [6, 6.07) is 7.15. The lowest BCUT2D eigenvalue weighted by molar-refractivity contribution is -0.117. The van der Waals surface area contributed by atoms with Gasteiger partial charge in [-0.2, -0.15) is 5.10 Å². The number of aliphatic hydroxyl groups excluding tert-OH is 2. The number of pyridine rings is 1. The molecule has 37 heavy (non-hydrogen) atoms. The van der Waals surface area contributed by atoms with Crippen molar-refractivity contribution < 1.29 is 47.7 Å². The van der Waals surface area contributed by atoms with Crippen LogP contribution in [-0.4, -0.2) is 71.5 Å². The van der Waals surface area contributed by atoms with Gasteiger partial charge in [-0.1, -0.05) is 23.7 Å². The Morgan fingerprint density at radius 2 is 1.84 bits per heavy atom. The number of halogens is 2. The number of aliphatic hydroxyl groups is 2. The number of aromatic nitrogens is 3. The van der Waals surface area contributed by atoms with Crippen molar-refractivity contribution in [1.82, 2.24) is 14.8 Å². The summed E-state index contributed by atoms with van der Waals surface area (Å²) < 4.78 is 46.9. The summed E-state index contributed by atoms with van der Waals surface area (Å²) in [5.41, 5.74) is 1.36. The fraction of sp³-hybridized carbons (Fsp3) is 0.400. The second-order valence-corrected chi connectivity index (χ2v) is 12.5. The Morgan fingerprint density at radius 1 is 1.19 bits per heavy atom. The minimum Gasteiger partial charge on any atom is -0.386 e. The standard InChI is InChI=1S/C20H26ClFN4O9P2/c1-11(12-3-5-13(22)6-4-12)24-15-7-17(21)25-19-14(15)8-23-26(19)20(28)18(27)16(34-2)9-35-37(32,33)10-36(29,30)31/h3-8,11,16,18,20,27-28H,9-10H2,1-2H3,(H,24,25)(H,32,33)(H2,29,30,31)/t11-,16+,18+,20+/m0/s1. The molecule has 3 rings (SSSR count). The van der Waals surface area contributed by atoms with E-state index < -0.39 is 46.1 Å². The van der Waals surface area contributed by atoms with Gasteiger partial charge >= 0.3 is 15.2 Å². The first-order chi connectivity index (χ1) is 17.2. The van der Waals surface area contributed by atoms with Crippen LogP contribution < -0.4 is 5.32 Å². The summed E-state index contributed by atoms with van der Waals surface area (Å²) in [5.74, 6) is -1.80. The minimum absolute atomic E-state index is 0.0371. The van der Waals surface area contributed by atoms with Crippen molar-refractivity contribution in [2.45, 2.75) is 31.4 Å². The third-order valence-electron chi connectivity index (χ3n) is 5.32. The summed E-state index contributed by atoms with van der Waals surface area (Å²) in [5, 5.41) is 29.2. The van der Waals surface area contributed by atoms with Gasteiger partial charge in [-0.15, -0.1) is 0 Å². The van der Waals surface area contributed by atoms with Gasteiger partial charge in [-0.25, -0.2) is 14.1 Å². The predicted molar refractivity (Wildman–Crippen MR) is 132 cm³/mol. The van der Waals surface area contributed by atoms with Crippen molar-refractivity contribution >= 4 is 43.5 Å². The zero-order valence-corrected chi connectivity index (χ0v) is 22.1. The van der Waals surface area contributed by atoms with Crippen LogP contribution in [0, 0.1) is 5.82 Å². The second-order valence-electron chi connectivity index (χ2n) is 8.15. The highest BCUT2D eigenvalue weighted by Crippen LogP contribution is 2.55. The molecule has 2 aromatic heterocycles. The van der Waals surface area contributed by atoms with Crippen molar-refractivity contribution in [2.75, 3.05) is 24.9 Å². The SMILES string of the molecule is CO[C@H](COP(=O)(O)CP(=O)(O)O)[C@@H](O)[C@@H](O)n1ncc2c(N[C@@H](C)c3ccc(F)cc3)cc(Cl)nc21. The van der Waals surface area contributed by atoms with E-state index >= 15 is 0 Å². The van der Waals surface area contributed by atoms with E-state index in [-0.39, 0.29) is 22.7 Å². The van der Waals surface area contributed by atoms with Crippen molar-refractivity contribution in [3.05, 3.63) is 53.1 Å². The molecule has 1 aromatic carbocycles. The number of hydrogen-bond acceptors (Lipinski definition) is 9. The first-order valence-electron chi connectivity index (χ1n) is 10.7. The molecule has 5 atom stereocenters. The van der Waals surface area contributed by atoms with Crippen LogP contribution in [0.3, 0.4) is 0 Å². The molecule has 0 radical (unpaired) electrons. The Hall–Kier alpha value is -1.96. The van der Waals surface area contributed by atoms with Gasteiger partial charge < -0.3 is 39.5 Å². The Labute approximate surface area is 215 Å². The molecule has 0 aliphatic heterocycles. The molecule has 0 aliphatic rings. The van der Waals surface area contributed by atoms with Gasteiger partial charge in [0.25, 0.3) is 0 Å². The van der Waals surface area contributed by atoms with E-state index in [1.54, 1.807) is 12.1 Å². The highest BCUT2D eigenvalue weighted by Gasteiger charge is 2.35. The zero-order chi connectivity index (χ0) is 27.5. The van der Waals surface area contributed by atoms with Gasteiger partial charge in [0.05, 0.1) is 23.9 Å². The molecule has 2 heterocycles. The molecule has 0 spiro atoms. The number of nitrogens with one attached hydrogen (secondary N) is 1. The summed E-state index contributed by atoms with van der Waals surface area (Å²) in [7, 11) is -8.45. The number of anilines is 1. The number of methoxy groups -OCH3 is 1. The van der Waals surface area contributed by atoms with E-state index in [0.29, 0.717) is 11.1 Å². The molecule has 0 bridgehead atoms. The number of fused-ring (bicyclic) bond motifs is 1. The van der Waals surface area contributed by atoms with Crippen molar-refractivity contribution in [1.29, 1.82) is 0 Å². The smallest absolute Gasteiger partial charge is 0.340 e. The number of rotatable bonds is 12.